The zero-order valence-corrected chi connectivity index (χ0v) is 78.6. The SMILES string of the molecule is C.[2H]C([2H])([2H])N1CC(Oc2cc(Cl)c(-c3noc(-c4cn5cc(C)cc(Cl)c5n4)n3)cc2Cl)CCC1=C.[2H]C1(C)CC(Oc2cc(Cl)c(-c3noc(-c4cn5cc(C)cc(Cl)c5n4)n3)cc2Cl)CCC1=O.[2H]C1(C)CC(Oc2cc(Cl)c(-c3noc(-c4cn5cc(C)cc(Cl)c5n4)n3)cc2Cl)CN(C)C1=O.[2H]C1([2H])C[C@H](COc2ccc(-c3noc(-c4cn5cc(C)cc(Cl)c5n4)n3)cc2C)CC1=C. The largest absolute Gasteiger partial charge is 0.493 e. The van der Waals surface area contributed by atoms with Crippen LogP contribution in [0.25, 0.3) is 114 Å². The molecule has 132 heavy (non-hydrogen) atoms. The summed E-state index contributed by atoms with van der Waals surface area (Å²) in [6.07, 6.45) is 15.9. The topological polar surface area (TPSA) is 302 Å². The highest BCUT2D eigenvalue weighted by molar-refractivity contribution is 6.38. The molecule has 28 nitrogen and oxygen atoms in total. The summed E-state index contributed by atoms with van der Waals surface area (Å²) in [5, 5.41) is 20.1. The lowest BCUT2D eigenvalue weighted by Gasteiger charge is -2.33. The van der Waals surface area contributed by atoms with Gasteiger partial charge in [0.25, 0.3) is 23.6 Å². The fourth-order valence-electron chi connectivity index (χ4n) is 15.3. The molecule has 0 bridgehead atoms. The Morgan fingerprint density at radius 1 is 0.447 bits per heavy atom. The molecule has 4 aliphatic rings. The summed E-state index contributed by atoms with van der Waals surface area (Å²) in [4.78, 5) is 62.6. The van der Waals surface area contributed by atoms with Gasteiger partial charge in [0.15, 0.2) is 22.6 Å². The van der Waals surface area contributed by atoms with Crippen molar-refractivity contribution in [3.63, 3.8) is 0 Å². The average molecular weight is 1990 g/mol. The number of likely N-dealkylation sites (N-methyl/N-ethyl adjacent to an activating group) is 2. The molecule has 2 aliphatic carbocycles. The summed E-state index contributed by atoms with van der Waals surface area (Å²) in [6.45, 7) is 19.3. The zero-order chi connectivity index (χ0) is 98.4. The molecule has 14 heterocycles. The van der Waals surface area contributed by atoms with Gasteiger partial charge in [-0.05, 0) is 180 Å². The molecule has 6 atom stereocenters. The standard InChI is InChI=1S/C24H23ClN4O2.C23H20Cl3N5O3.C23H20Cl3N5O2.C23H19Cl3N4O3.CH4/c1-14-4-5-17(8-14)13-30-21-7-6-18(10-16(21)3)22-27-24(31-28-22)20-12-29-11-15(2)9-19(25)23(29)26-20;1-11-4-17(26)21-27-18(10-31(21)8-11)22-28-20(29-34-22)14-6-16(25)19(7-15(14)24)33-13-5-12(2)23(32)30(3)9-13;1-12-6-18(26)22-27-19(11-31(22)9-12)23-28-21(29-33-23)15-7-17(25)20(8-16(15)24)32-14-5-4-13(2)30(3)10-14;1-11-5-17(26)22-27-18(10-30(22)9-11)23-28-21(29-33-23)14-7-16(25)20(8-15(14)24)32-13-3-4-19(31)12(2)6-13;/h6-7,9-12,17H,1,4-5,8,13H2,2-3H3;4,6-8,10,12-13H,5,9H2,1-3H3;6-9,11,14H,2,4-5,10H2,1,3H3;5,7-10,12-13H,3-4,6H2,1-2H3;1H4/t17-;;;;/m0..../s1/i4D2;12D;3D3;12D;. The maximum Gasteiger partial charge on any atom is 0.278 e. The fraction of sp³-hybridized carbons (Fsp3) is 0.298. The number of carbonyl (C=O) groups excluding carboxylic acids is 2. The van der Waals surface area contributed by atoms with Crippen LogP contribution >= 0.6 is 116 Å². The minimum atomic E-state index is -2.29. The van der Waals surface area contributed by atoms with E-state index in [2.05, 4.69) is 73.7 Å². The van der Waals surface area contributed by atoms with Crippen molar-refractivity contribution in [3.05, 3.63) is 231 Å². The van der Waals surface area contributed by atoms with Crippen LogP contribution in [-0.2, 0) is 9.59 Å². The normalized spacial score (nSPS) is 19.8. The Labute approximate surface area is 817 Å². The summed E-state index contributed by atoms with van der Waals surface area (Å²) in [5.41, 5.74) is 12.6. The number of Topliss-reactive ketones (excluding diaryl/α,β-unsaturated/α-hetero) is 1. The van der Waals surface area contributed by atoms with Crippen LogP contribution in [0.4, 0.5) is 0 Å². The van der Waals surface area contributed by atoms with E-state index in [1.165, 1.54) is 9.80 Å². The van der Waals surface area contributed by atoms with Crippen LogP contribution in [0.3, 0.4) is 0 Å². The van der Waals surface area contributed by atoms with Crippen molar-refractivity contribution in [1.82, 2.24) is 87.9 Å². The first-order valence-electron chi connectivity index (χ1n) is 44.4. The molecule has 2 saturated heterocycles. The van der Waals surface area contributed by atoms with Gasteiger partial charge < -0.3 is 64.4 Å². The number of nitrogens with zero attached hydrogens (tertiary/aromatic N) is 18. The number of allylic oxidation sites excluding steroid dienone is 2. The molecule has 38 heteroatoms. The second-order valence-electron chi connectivity index (χ2n) is 32.3. The summed E-state index contributed by atoms with van der Waals surface area (Å²) in [7, 11) is 1.65. The Balaban J connectivity index is 0.000000134. The third-order valence-corrected chi connectivity index (χ3v) is 24.8. The first-order chi connectivity index (χ1) is 65.3. The Hall–Kier alpha value is -11.3. The minimum absolute atomic E-state index is 0. The summed E-state index contributed by atoms with van der Waals surface area (Å²) in [6, 6.07) is 22.5. The lowest BCUT2D eigenvalue weighted by Crippen LogP contribution is -2.46. The monoisotopic (exact) mass is 1980 g/mol. The molecule has 682 valence electrons. The average Bonchev–Trinajstić information content (AvgIpc) is 1.73. The number of halogens is 10. The molecule has 1 amide bonds. The van der Waals surface area contributed by atoms with Gasteiger partial charge in [0.1, 0.15) is 63.8 Å². The van der Waals surface area contributed by atoms with Crippen LogP contribution in [-0.4, -0.2) is 152 Å². The highest BCUT2D eigenvalue weighted by atomic mass is 35.5. The van der Waals surface area contributed by atoms with E-state index in [4.69, 9.17) is 163 Å². The molecular weight excluding hydrogens is 1900 g/mol. The Morgan fingerprint density at radius 3 is 1.23 bits per heavy atom. The maximum atomic E-state index is 12.2. The van der Waals surface area contributed by atoms with Gasteiger partial charge >= 0.3 is 0 Å². The molecule has 2 saturated carbocycles. The van der Waals surface area contributed by atoms with Crippen molar-refractivity contribution < 1.29 is 56.2 Å². The Morgan fingerprint density at radius 2 is 0.833 bits per heavy atom. The quantitative estimate of drug-likeness (QED) is 0.0765. The number of carbonyl (C=O) groups is 2. The molecule has 0 spiro atoms. The first-order valence-corrected chi connectivity index (χ1v) is 44.7. The number of hydrogen-bond acceptors (Lipinski definition) is 23. The van der Waals surface area contributed by atoms with Gasteiger partial charge in [-0.1, -0.05) is 177 Å². The van der Waals surface area contributed by atoms with Crippen LogP contribution in [0.15, 0.2) is 171 Å². The second kappa shape index (κ2) is 39.5. The van der Waals surface area contributed by atoms with Crippen LogP contribution in [0, 0.1) is 52.3 Å². The number of aromatic nitrogens is 16. The Kier molecular flexibility index (Phi) is 25.4. The van der Waals surface area contributed by atoms with E-state index in [9.17, 15) is 9.59 Å². The number of rotatable bonds is 17. The van der Waals surface area contributed by atoms with Gasteiger partial charge in [-0.25, -0.2) is 19.9 Å². The molecule has 16 aromatic rings. The number of piperidine rings is 2. The number of likely N-dealkylation sites (tertiary alicyclic amines) is 2. The molecule has 2 aliphatic heterocycles. The number of imidazole rings is 4. The maximum absolute atomic E-state index is 12.2. The molecule has 0 radical (unpaired) electrons. The van der Waals surface area contributed by atoms with Crippen molar-refractivity contribution in [2.24, 2.45) is 17.7 Å². The number of pyridine rings is 4. The van der Waals surface area contributed by atoms with Crippen LogP contribution < -0.4 is 18.9 Å². The number of amides is 1. The molecule has 4 aromatic carbocycles. The molecule has 12 aromatic heterocycles. The smallest absolute Gasteiger partial charge is 0.278 e. The predicted octanol–water partition coefficient (Wildman–Crippen LogP) is 25.0. The van der Waals surface area contributed by atoms with Crippen LogP contribution in [0.5, 0.6) is 23.0 Å². The summed E-state index contributed by atoms with van der Waals surface area (Å²) in [5.74, 6) is 1.28. The highest BCUT2D eigenvalue weighted by Gasteiger charge is 2.34. The molecule has 4 fully saturated rings. The van der Waals surface area contributed by atoms with Crippen molar-refractivity contribution >= 4 is 150 Å². The van der Waals surface area contributed by atoms with Crippen LogP contribution in [0.1, 0.15) is 116 Å². The minimum Gasteiger partial charge on any atom is -0.493 e. The van der Waals surface area contributed by atoms with Gasteiger partial charge in [0.2, 0.25) is 29.2 Å². The fourth-order valence-corrected chi connectivity index (χ4v) is 17.9. The number of hydrogen-bond donors (Lipinski definition) is 0. The van der Waals surface area contributed by atoms with Gasteiger partial charge in [0, 0.05) is 138 Å². The van der Waals surface area contributed by atoms with E-state index < -0.39 is 37.3 Å². The Bertz CT molecular complexity index is 7500. The van der Waals surface area contributed by atoms with Gasteiger partial charge in [-0.2, -0.15) is 19.9 Å². The third-order valence-electron chi connectivity index (χ3n) is 21.9. The molecule has 0 N–H and O–H groups in total. The van der Waals surface area contributed by atoms with Crippen molar-refractivity contribution in [2.45, 2.75) is 132 Å². The highest BCUT2D eigenvalue weighted by Crippen LogP contribution is 2.44. The third kappa shape index (κ3) is 20.7. The van der Waals surface area contributed by atoms with E-state index in [0.717, 1.165) is 39.1 Å². The van der Waals surface area contributed by atoms with E-state index in [1.807, 2.05) is 112 Å². The second-order valence-corrected chi connectivity index (χ2v) is 36.3. The van der Waals surface area contributed by atoms with Crippen molar-refractivity contribution in [2.75, 3.05) is 33.7 Å². The summed E-state index contributed by atoms with van der Waals surface area (Å²) < 4.78 is 108. The van der Waals surface area contributed by atoms with E-state index >= 15 is 0 Å². The van der Waals surface area contributed by atoms with E-state index in [0.29, 0.717) is 194 Å². The van der Waals surface area contributed by atoms with Gasteiger partial charge in [0.05, 0.1) is 76.0 Å². The first kappa shape index (κ1) is 84.9. The number of ketones is 1. The van der Waals surface area contributed by atoms with Crippen LogP contribution in [0.2, 0.25) is 50.2 Å². The van der Waals surface area contributed by atoms with Crippen molar-refractivity contribution in [3.8, 4) is 115 Å². The number of ether oxygens (including phenoxy) is 4. The number of fused-ring (bicyclic) bond motifs is 4. The lowest BCUT2D eigenvalue weighted by molar-refractivity contribution is -0.139. The summed E-state index contributed by atoms with van der Waals surface area (Å²) >= 11 is 64.2. The van der Waals surface area contributed by atoms with Crippen molar-refractivity contribution in [1.29, 1.82) is 0 Å². The van der Waals surface area contributed by atoms with Gasteiger partial charge in [-0.3, -0.25) is 9.59 Å². The molecular formula is C94H86Cl10N18O10. The number of benzene rings is 4. The van der Waals surface area contributed by atoms with E-state index in [1.54, 1.807) is 89.1 Å². The van der Waals surface area contributed by atoms with Gasteiger partial charge in [-0.15, -0.1) is 0 Å². The molecule has 20 rings (SSSR count). The lowest BCUT2D eigenvalue weighted by atomic mass is 9.87. The number of aryl methyl sites for hydroxylation is 5. The zero-order valence-electron chi connectivity index (χ0n) is 78.0. The van der Waals surface area contributed by atoms with E-state index in [-0.39, 0.29) is 95.7 Å². The molecule has 5 unspecified atom stereocenters. The predicted molar refractivity (Wildman–Crippen MR) is 512 cm³/mol.